The van der Waals surface area contributed by atoms with Crippen molar-refractivity contribution in [3.05, 3.63) is 34.7 Å². The molecule has 2 aliphatic rings. The first-order valence-corrected chi connectivity index (χ1v) is 8.45. The van der Waals surface area contributed by atoms with E-state index in [2.05, 4.69) is 0 Å². The minimum absolute atomic E-state index is 0.0410. The molecule has 0 saturated carbocycles. The van der Waals surface area contributed by atoms with Crippen LogP contribution in [-0.2, 0) is 19.2 Å². The molecule has 1 aromatic rings. The summed E-state index contributed by atoms with van der Waals surface area (Å²) < 4.78 is 0.0638. The second-order valence-electron chi connectivity index (χ2n) is 5.44. The van der Waals surface area contributed by atoms with Crippen LogP contribution in [0.4, 0.5) is 5.69 Å². The van der Waals surface area contributed by atoms with Crippen LogP contribution in [0, 0.1) is 0 Å². The number of amides is 3. The van der Waals surface area contributed by atoms with E-state index in [1.54, 1.807) is 24.3 Å². The Morgan fingerprint density at radius 3 is 2.44 bits per heavy atom. The fraction of sp³-hybridized carbons (Fsp3) is 0.188. The first kappa shape index (κ1) is 17.3. The highest BCUT2D eigenvalue weighted by atomic mass is 32.2. The number of fused-ring (bicyclic) bond motifs is 1. The Morgan fingerprint density at radius 2 is 1.84 bits per heavy atom. The molecule has 0 aromatic heterocycles. The smallest absolute Gasteiger partial charge is 0.326 e. The number of carbonyl (C=O) groups is 4. The van der Waals surface area contributed by atoms with Gasteiger partial charge >= 0.3 is 5.97 Å². The van der Waals surface area contributed by atoms with Gasteiger partial charge in [0.1, 0.15) is 10.4 Å². The number of carboxylic acids is 1. The lowest BCUT2D eigenvalue weighted by molar-refractivity contribution is -0.144. The molecule has 1 fully saturated rings. The number of anilines is 1. The Balaban J connectivity index is 2.17. The van der Waals surface area contributed by atoms with Crippen LogP contribution in [0.1, 0.15) is 19.4 Å². The number of benzene rings is 1. The number of rotatable bonds is 2. The van der Waals surface area contributed by atoms with Crippen molar-refractivity contribution >= 4 is 63.3 Å². The number of imide groups is 1. The summed E-state index contributed by atoms with van der Waals surface area (Å²) in [5.41, 5.74) is 0.918. The maximum Gasteiger partial charge on any atom is 0.326 e. The van der Waals surface area contributed by atoms with Gasteiger partial charge in [-0.05, 0) is 13.0 Å². The van der Waals surface area contributed by atoms with Gasteiger partial charge in [0.15, 0.2) is 0 Å². The standard InChI is InChI=1S/C16H12N2O5S2/c1-7(15(22)23)17-14(21)12(25-16(17)24)11-9-5-3-4-6-10(9)18(8(2)19)13(11)20/h3-7H,1-2H3,(H,22,23)/b12-11-/t7-/m1/s1. The van der Waals surface area contributed by atoms with E-state index in [1.807, 2.05) is 0 Å². The molecule has 7 nitrogen and oxygen atoms in total. The van der Waals surface area contributed by atoms with Crippen molar-refractivity contribution < 1.29 is 24.3 Å². The second-order valence-corrected chi connectivity index (χ2v) is 7.08. The zero-order valence-electron chi connectivity index (χ0n) is 13.2. The zero-order valence-corrected chi connectivity index (χ0v) is 14.8. The molecule has 1 saturated heterocycles. The fourth-order valence-electron chi connectivity index (χ4n) is 2.72. The molecule has 128 valence electrons. The van der Waals surface area contributed by atoms with E-state index in [0.717, 1.165) is 21.6 Å². The minimum atomic E-state index is -1.20. The van der Waals surface area contributed by atoms with Crippen molar-refractivity contribution in [2.75, 3.05) is 4.90 Å². The Morgan fingerprint density at radius 1 is 1.20 bits per heavy atom. The summed E-state index contributed by atoms with van der Waals surface area (Å²) in [6.07, 6.45) is 0. The third-order valence-electron chi connectivity index (χ3n) is 3.92. The summed E-state index contributed by atoms with van der Waals surface area (Å²) in [5, 5.41) is 9.16. The Kier molecular flexibility index (Phi) is 4.21. The summed E-state index contributed by atoms with van der Waals surface area (Å²) in [4.78, 5) is 50.6. The molecule has 0 bridgehead atoms. The highest BCUT2D eigenvalue weighted by Gasteiger charge is 2.45. The minimum Gasteiger partial charge on any atom is -0.480 e. The summed E-state index contributed by atoms with van der Waals surface area (Å²) in [7, 11) is 0. The molecule has 2 aliphatic heterocycles. The molecule has 1 aromatic carbocycles. The number of nitrogens with zero attached hydrogens (tertiary/aromatic N) is 2. The van der Waals surface area contributed by atoms with E-state index in [4.69, 9.17) is 17.3 Å². The summed E-state index contributed by atoms with van der Waals surface area (Å²) >= 11 is 5.99. The topological polar surface area (TPSA) is 95.0 Å². The van der Waals surface area contributed by atoms with Crippen molar-refractivity contribution in [2.45, 2.75) is 19.9 Å². The van der Waals surface area contributed by atoms with Crippen LogP contribution in [0.2, 0.25) is 0 Å². The molecule has 3 rings (SSSR count). The van der Waals surface area contributed by atoms with Crippen LogP contribution < -0.4 is 4.90 Å². The molecular formula is C16H12N2O5S2. The van der Waals surface area contributed by atoms with Gasteiger partial charge in [0, 0.05) is 12.5 Å². The predicted octanol–water partition coefficient (Wildman–Crippen LogP) is 1.62. The molecule has 1 N–H and O–H groups in total. The molecule has 1 atom stereocenters. The van der Waals surface area contributed by atoms with E-state index in [1.165, 1.54) is 13.8 Å². The molecule has 2 heterocycles. The van der Waals surface area contributed by atoms with Gasteiger partial charge in [-0.1, -0.05) is 42.2 Å². The third-order valence-corrected chi connectivity index (χ3v) is 5.32. The highest BCUT2D eigenvalue weighted by molar-refractivity contribution is 8.26. The van der Waals surface area contributed by atoms with Crippen molar-refractivity contribution in [1.29, 1.82) is 0 Å². The lowest BCUT2D eigenvalue weighted by Gasteiger charge is -2.18. The number of carbonyl (C=O) groups excluding carboxylic acids is 3. The van der Waals surface area contributed by atoms with Crippen LogP contribution in [0.15, 0.2) is 29.2 Å². The summed E-state index contributed by atoms with van der Waals surface area (Å²) in [5.74, 6) is -2.93. The number of carboxylic acid groups (broad SMARTS) is 1. The average Bonchev–Trinajstić information content (AvgIpc) is 2.99. The van der Waals surface area contributed by atoms with Crippen molar-refractivity contribution in [3.63, 3.8) is 0 Å². The lowest BCUT2D eigenvalue weighted by Crippen LogP contribution is -2.41. The monoisotopic (exact) mass is 376 g/mol. The van der Waals surface area contributed by atoms with Crippen LogP contribution in [0.25, 0.3) is 5.57 Å². The van der Waals surface area contributed by atoms with Gasteiger partial charge in [0.25, 0.3) is 11.8 Å². The van der Waals surface area contributed by atoms with Gasteiger partial charge < -0.3 is 5.11 Å². The van der Waals surface area contributed by atoms with Gasteiger partial charge in [0.2, 0.25) is 5.91 Å². The van der Waals surface area contributed by atoms with Gasteiger partial charge in [-0.3, -0.25) is 19.3 Å². The summed E-state index contributed by atoms with van der Waals surface area (Å²) in [6, 6.07) is 5.47. The quantitative estimate of drug-likeness (QED) is 0.619. The number of aliphatic carboxylic acids is 1. The number of thioether (sulfide) groups is 1. The Bertz CT molecular complexity index is 892. The number of hydrogen-bond donors (Lipinski definition) is 1. The molecule has 0 aliphatic carbocycles. The van der Waals surface area contributed by atoms with E-state index >= 15 is 0 Å². The maximum atomic E-state index is 12.8. The van der Waals surface area contributed by atoms with Crippen LogP contribution in [0.3, 0.4) is 0 Å². The third kappa shape index (κ3) is 2.56. The number of thiocarbonyl (C=S) groups is 1. The zero-order chi connectivity index (χ0) is 18.5. The second kappa shape index (κ2) is 6.08. The number of hydrogen-bond acceptors (Lipinski definition) is 6. The normalized spacial score (nSPS) is 21.0. The number of para-hydroxylation sites is 1. The SMILES string of the molecule is CC(=O)N1C(=O)/C(=C2\SC(=S)N([C@H](C)C(=O)O)C2=O)c2ccccc21. The van der Waals surface area contributed by atoms with Crippen LogP contribution in [-0.4, -0.2) is 44.1 Å². The fourth-order valence-corrected chi connectivity index (χ4v) is 4.21. The molecule has 25 heavy (non-hydrogen) atoms. The molecular weight excluding hydrogens is 364 g/mol. The highest BCUT2D eigenvalue weighted by Crippen LogP contribution is 2.44. The molecule has 0 spiro atoms. The molecule has 0 unspecified atom stereocenters. The molecule has 9 heteroatoms. The summed E-state index contributed by atoms with van der Waals surface area (Å²) in [6.45, 7) is 2.60. The van der Waals surface area contributed by atoms with Gasteiger partial charge in [-0.25, -0.2) is 9.69 Å². The largest absolute Gasteiger partial charge is 0.480 e. The van der Waals surface area contributed by atoms with Crippen LogP contribution >= 0.6 is 24.0 Å². The Labute approximate surface area is 152 Å². The van der Waals surface area contributed by atoms with Gasteiger partial charge in [-0.15, -0.1) is 0 Å². The maximum absolute atomic E-state index is 12.8. The predicted molar refractivity (Wildman–Crippen MR) is 95.7 cm³/mol. The van der Waals surface area contributed by atoms with E-state index in [-0.39, 0.29) is 14.8 Å². The Hall–Kier alpha value is -2.52. The first-order chi connectivity index (χ1) is 11.8. The van der Waals surface area contributed by atoms with Crippen molar-refractivity contribution in [2.24, 2.45) is 0 Å². The molecule has 3 amide bonds. The van der Waals surface area contributed by atoms with Gasteiger partial charge in [-0.2, -0.15) is 0 Å². The average molecular weight is 376 g/mol. The molecule has 0 radical (unpaired) electrons. The van der Waals surface area contributed by atoms with E-state index < -0.39 is 29.7 Å². The van der Waals surface area contributed by atoms with E-state index in [9.17, 15) is 19.2 Å². The van der Waals surface area contributed by atoms with Gasteiger partial charge in [0.05, 0.1) is 16.2 Å². The van der Waals surface area contributed by atoms with Crippen molar-refractivity contribution in [1.82, 2.24) is 4.90 Å². The van der Waals surface area contributed by atoms with Crippen LogP contribution in [0.5, 0.6) is 0 Å². The first-order valence-electron chi connectivity index (χ1n) is 7.22. The van der Waals surface area contributed by atoms with E-state index in [0.29, 0.717) is 11.3 Å². The lowest BCUT2D eigenvalue weighted by atomic mass is 10.1. The van der Waals surface area contributed by atoms with Crippen molar-refractivity contribution in [3.8, 4) is 0 Å².